The Bertz CT molecular complexity index is 520. The number of hydrogen-bond acceptors (Lipinski definition) is 3. The van der Waals surface area contributed by atoms with E-state index in [9.17, 15) is 14.0 Å². The Balaban J connectivity index is 2.33. The lowest BCUT2D eigenvalue weighted by molar-refractivity contribution is -0.131. The normalized spacial score (nSPS) is 22.8. The summed E-state index contributed by atoms with van der Waals surface area (Å²) in [7, 11) is 0. The van der Waals surface area contributed by atoms with Crippen molar-refractivity contribution in [3.8, 4) is 0 Å². The zero-order valence-corrected chi connectivity index (χ0v) is 10.5. The van der Waals surface area contributed by atoms with E-state index in [0.29, 0.717) is 6.42 Å². The summed E-state index contributed by atoms with van der Waals surface area (Å²) in [5, 5.41) is 11.3. The second kappa shape index (κ2) is 4.97. The van der Waals surface area contributed by atoms with Gasteiger partial charge in [0.2, 0.25) is 0 Å². The van der Waals surface area contributed by atoms with Gasteiger partial charge >= 0.3 is 6.03 Å². The SMILES string of the molecule is CC1(c2ccccc2F)NC(=O)N(CCCO)C1=O. The van der Waals surface area contributed by atoms with E-state index in [1.807, 2.05) is 0 Å². The molecule has 1 heterocycles. The summed E-state index contributed by atoms with van der Waals surface area (Å²) >= 11 is 0. The number of nitrogens with zero attached hydrogens (tertiary/aromatic N) is 1. The second-order valence-corrected chi connectivity index (χ2v) is 4.57. The minimum Gasteiger partial charge on any atom is -0.396 e. The predicted molar refractivity (Wildman–Crippen MR) is 65.7 cm³/mol. The minimum atomic E-state index is -1.39. The average Bonchev–Trinajstić information content (AvgIpc) is 2.59. The fourth-order valence-corrected chi connectivity index (χ4v) is 2.18. The van der Waals surface area contributed by atoms with E-state index in [0.717, 1.165) is 4.90 Å². The van der Waals surface area contributed by atoms with Crippen LogP contribution in [0.25, 0.3) is 0 Å². The van der Waals surface area contributed by atoms with Crippen LogP contribution in [-0.2, 0) is 10.3 Å². The third kappa shape index (κ3) is 2.19. The highest BCUT2D eigenvalue weighted by atomic mass is 19.1. The largest absolute Gasteiger partial charge is 0.396 e. The summed E-state index contributed by atoms with van der Waals surface area (Å²) in [5.41, 5.74) is -1.25. The smallest absolute Gasteiger partial charge is 0.325 e. The number of carbonyl (C=O) groups is 2. The third-order valence-electron chi connectivity index (χ3n) is 3.23. The Kier molecular flexibility index (Phi) is 3.53. The van der Waals surface area contributed by atoms with E-state index in [-0.39, 0.29) is 18.7 Å². The van der Waals surface area contributed by atoms with Crippen molar-refractivity contribution in [2.24, 2.45) is 0 Å². The zero-order valence-electron chi connectivity index (χ0n) is 10.5. The molecule has 3 amide bonds. The zero-order chi connectivity index (χ0) is 14.0. The molecule has 2 N–H and O–H groups in total. The van der Waals surface area contributed by atoms with Crippen LogP contribution >= 0.6 is 0 Å². The van der Waals surface area contributed by atoms with Crippen LogP contribution in [0, 0.1) is 5.82 Å². The molecule has 0 saturated carbocycles. The second-order valence-electron chi connectivity index (χ2n) is 4.57. The molecule has 1 aromatic carbocycles. The van der Waals surface area contributed by atoms with Gasteiger partial charge in [0, 0.05) is 18.7 Å². The number of rotatable bonds is 4. The average molecular weight is 266 g/mol. The summed E-state index contributed by atoms with van der Waals surface area (Å²) < 4.78 is 13.8. The van der Waals surface area contributed by atoms with Gasteiger partial charge in [-0.1, -0.05) is 18.2 Å². The summed E-state index contributed by atoms with van der Waals surface area (Å²) in [4.78, 5) is 25.1. The Morgan fingerprint density at radius 2 is 2.05 bits per heavy atom. The lowest BCUT2D eigenvalue weighted by Gasteiger charge is -2.22. The summed E-state index contributed by atoms with van der Waals surface area (Å²) in [6, 6.07) is 5.29. The number of amides is 3. The lowest BCUT2D eigenvalue weighted by Crippen LogP contribution is -2.41. The van der Waals surface area contributed by atoms with Crippen molar-refractivity contribution in [2.45, 2.75) is 18.9 Å². The van der Waals surface area contributed by atoms with Crippen molar-refractivity contribution in [1.82, 2.24) is 10.2 Å². The Morgan fingerprint density at radius 1 is 1.37 bits per heavy atom. The number of nitrogens with one attached hydrogen (secondary N) is 1. The molecule has 0 aromatic heterocycles. The van der Waals surface area contributed by atoms with Crippen molar-refractivity contribution >= 4 is 11.9 Å². The molecular weight excluding hydrogens is 251 g/mol. The molecule has 102 valence electrons. The quantitative estimate of drug-likeness (QED) is 0.798. The van der Waals surface area contributed by atoms with E-state index < -0.39 is 23.3 Å². The van der Waals surface area contributed by atoms with Crippen molar-refractivity contribution in [2.75, 3.05) is 13.2 Å². The number of aliphatic hydroxyl groups is 1. The molecule has 2 rings (SSSR count). The Hall–Kier alpha value is -1.95. The van der Waals surface area contributed by atoms with Gasteiger partial charge in [-0.3, -0.25) is 9.69 Å². The van der Waals surface area contributed by atoms with Crippen molar-refractivity contribution in [3.63, 3.8) is 0 Å². The maximum absolute atomic E-state index is 13.8. The highest BCUT2D eigenvalue weighted by molar-refractivity contribution is 6.07. The minimum absolute atomic E-state index is 0.116. The molecule has 1 fully saturated rings. The van der Waals surface area contributed by atoms with Gasteiger partial charge in [0.25, 0.3) is 5.91 Å². The number of aliphatic hydroxyl groups excluding tert-OH is 1. The van der Waals surface area contributed by atoms with Gasteiger partial charge in [-0.25, -0.2) is 9.18 Å². The van der Waals surface area contributed by atoms with Crippen LogP contribution in [0.5, 0.6) is 0 Å². The van der Waals surface area contributed by atoms with Crippen LogP contribution in [0.2, 0.25) is 0 Å². The molecule has 1 aromatic rings. The first-order valence-electron chi connectivity index (χ1n) is 6.00. The standard InChI is InChI=1S/C13H15FN2O3/c1-13(9-5-2-3-6-10(9)14)11(18)16(7-4-8-17)12(19)15-13/h2-3,5-6,17H,4,7-8H2,1H3,(H,15,19). The van der Waals surface area contributed by atoms with Crippen LogP contribution in [-0.4, -0.2) is 35.1 Å². The number of urea groups is 1. The number of imide groups is 1. The van der Waals surface area contributed by atoms with E-state index in [2.05, 4.69) is 5.32 Å². The number of halogens is 1. The molecule has 0 spiro atoms. The van der Waals surface area contributed by atoms with Crippen LogP contribution in [0.1, 0.15) is 18.9 Å². The first kappa shape index (κ1) is 13.5. The molecule has 5 nitrogen and oxygen atoms in total. The predicted octanol–water partition coefficient (Wildman–Crippen LogP) is 0.975. The van der Waals surface area contributed by atoms with E-state index in [4.69, 9.17) is 5.11 Å². The van der Waals surface area contributed by atoms with Gasteiger partial charge in [0.15, 0.2) is 0 Å². The molecule has 1 aliphatic heterocycles. The van der Waals surface area contributed by atoms with Crippen molar-refractivity contribution in [1.29, 1.82) is 0 Å². The van der Waals surface area contributed by atoms with Crippen LogP contribution in [0.3, 0.4) is 0 Å². The Morgan fingerprint density at radius 3 is 2.68 bits per heavy atom. The van der Waals surface area contributed by atoms with Crippen LogP contribution in [0.4, 0.5) is 9.18 Å². The summed E-state index contributed by atoms with van der Waals surface area (Å²) in [6.45, 7) is 1.48. The number of carbonyl (C=O) groups excluding carboxylic acids is 2. The van der Waals surface area contributed by atoms with Crippen LogP contribution < -0.4 is 5.32 Å². The first-order chi connectivity index (χ1) is 9.00. The maximum atomic E-state index is 13.8. The topological polar surface area (TPSA) is 69.6 Å². The Labute approximate surface area is 110 Å². The molecule has 1 saturated heterocycles. The number of benzene rings is 1. The van der Waals surface area contributed by atoms with Gasteiger partial charge < -0.3 is 10.4 Å². The molecule has 1 aliphatic rings. The van der Waals surface area contributed by atoms with Crippen molar-refractivity contribution < 1.29 is 19.1 Å². The van der Waals surface area contributed by atoms with E-state index in [1.54, 1.807) is 6.07 Å². The fraction of sp³-hybridized carbons (Fsp3) is 0.385. The van der Waals surface area contributed by atoms with Crippen LogP contribution in [0.15, 0.2) is 24.3 Å². The van der Waals surface area contributed by atoms with Gasteiger partial charge in [-0.2, -0.15) is 0 Å². The summed E-state index contributed by atoms with van der Waals surface area (Å²) in [6.07, 6.45) is 0.298. The first-order valence-corrected chi connectivity index (χ1v) is 6.00. The molecule has 1 unspecified atom stereocenters. The highest BCUT2D eigenvalue weighted by Gasteiger charge is 2.49. The lowest BCUT2D eigenvalue weighted by atomic mass is 9.91. The van der Waals surface area contributed by atoms with Gasteiger partial charge in [-0.15, -0.1) is 0 Å². The van der Waals surface area contributed by atoms with Gasteiger partial charge in [-0.05, 0) is 19.4 Å². The molecule has 1 atom stereocenters. The fourth-order valence-electron chi connectivity index (χ4n) is 2.18. The summed E-state index contributed by atoms with van der Waals surface area (Å²) in [5.74, 6) is -1.04. The third-order valence-corrected chi connectivity index (χ3v) is 3.23. The van der Waals surface area contributed by atoms with Gasteiger partial charge in [0.1, 0.15) is 11.4 Å². The van der Waals surface area contributed by atoms with Crippen molar-refractivity contribution in [3.05, 3.63) is 35.6 Å². The molecule has 0 bridgehead atoms. The highest BCUT2D eigenvalue weighted by Crippen LogP contribution is 2.30. The molecule has 19 heavy (non-hydrogen) atoms. The monoisotopic (exact) mass is 266 g/mol. The maximum Gasteiger partial charge on any atom is 0.325 e. The van der Waals surface area contributed by atoms with E-state index in [1.165, 1.54) is 25.1 Å². The molecule has 0 aliphatic carbocycles. The molecular formula is C13H15FN2O3. The molecule has 0 radical (unpaired) electrons. The number of hydrogen-bond donors (Lipinski definition) is 2. The van der Waals surface area contributed by atoms with Gasteiger partial charge in [0.05, 0.1) is 0 Å². The van der Waals surface area contributed by atoms with E-state index >= 15 is 0 Å². The molecule has 6 heteroatoms.